The fourth-order valence-electron chi connectivity index (χ4n) is 2.44. The van der Waals surface area contributed by atoms with Gasteiger partial charge in [0, 0.05) is 24.8 Å². The summed E-state index contributed by atoms with van der Waals surface area (Å²) in [5, 5.41) is 7.28. The molecule has 22 heavy (non-hydrogen) atoms. The Morgan fingerprint density at radius 1 is 1.27 bits per heavy atom. The number of hydrogen-bond donors (Lipinski definition) is 1. The standard InChI is InChI=1S/C17H23N3O2/c1-5-22-15-8-6-14(7-9-15)18-17(21)11-10-16-12(2)19-20(4)13(16)3/h6-9H,5,10-11H2,1-4H3,(H,18,21). The molecule has 0 unspecified atom stereocenters. The molecule has 0 fully saturated rings. The van der Waals surface area contributed by atoms with Crippen LogP contribution in [0.15, 0.2) is 24.3 Å². The Hall–Kier alpha value is -2.30. The highest BCUT2D eigenvalue weighted by atomic mass is 16.5. The maximum atomic E-state index is 12.1. The minimum absolute atomic E-state index is 0.00631. The van der Waals surface area contributed by atoms with Crippen molar-refractivity contribution in [2.45, 2.75) is 33.6 Å². The molecule has 1 heterocycles. The predicted octanol–water partition coefficient (Wildman–Crippen LogP) is 3.01. The number of anilines is 1. The van der Waals surface area contributed by atoms with Crippen molar-refractivity contribution in [1.82, 2.24) is 9.78 Å². The molecule has 1 aromatic heterocycles. The van der Waals surface area contributed by atoms with Crippen molar-refractivity contribution in [3.05, 3.63) is 41.2 Å². The fourth-order valence-corrected chi connectivity index (χ4v) is 2.44. The Kier molecular flexibility index (Phi) is 5.20. The van der Waals surface area contributed by atoms with Crippen molar-refractivity contribution in [3.8, 4) is 5.75 Å². The molecule has 2 aromatic rings. The monoisotopic (exact) mass is 301 g/mol. The van der Waals surface area contributed by atoms with Gasteiger partial charge in [-0.25, -0.2) is 0 Å². The molecule has 1 N–H and O–H groups in total. The van der Waals surface area contributed by atoms with Gasteiger partial charge in [0.1, 0.15) is 5.75 Å². The largest absolute Gasteiger partial charge is 0.494 e. The molecule has 0 aliphatic heterocycles. The number of ether oxygens (including phenoxy) is 1. The third-order valence-electron chi connectivity index (χ3n) is 3.71. The first-order valence-electron chi connectivity index (χ1n) is 7.53. The summed E-state index contributed by atoms with van der Waals surface area (Å²) in [7, 11) is 1.92. The summed E-state index contributed by atoms with van der Waals surface area (Å²) in [6.07, 6.45) is 1.15. The minimum Gasteiger partial charge on any atom is -0.494 e. The second kappa shape index (κ2) is 7.11. The quantitative estimate of drug-likeness (QED) is 0.892. The molecule has 2 rings (SSSR count). The minimum atomic E-state index is 0.00631. The summed E-state index contributed by atoms with van der Waals surface area (Å²) < 4.78 is 7.23. The molecule has 5 nitrogen and oxygen atoms in total. The zero-order valence-electron chi connectivity index (χ0n) is 13.6. The van der Waals surface area contributed by atoms with E-state index in [1.807, 2.05) is 56.8 Å². The second-order valence-electron chi connectivity index (χ2n) is 5.28. The zero-order valence-corrected chi connectivity index (χ0v) is 13.6. The highest BCUT2D eigenvalue weighted by Gasteiger charge is 2.11. The maximum absolute atomic E-state index is 12.1. The fraction of sp³-hybridized carbons (Fsp3) is 0.412. The van der Waals surface area contributed by atoms with Crippen molar-refractivity contribution in [3.63, 3.8) is 0 Å². The molecule has 0 saturated carbocycles. The van der Waals surface area contributed by atoms with E-state index < -0.39 is 0 Å². The van der Waals surface area contributed by atoms with Gasteiger partial charge in [-0.05, 0) is 57.0 Å². The summed E-state index contributed by atoms with van der Waals surface area (Å²) >= 11 is 0. The van der Waals surface area contributed by atoms with E-state index in [1.54, 1.807) is 0 Å². The highest BCUT2D eigenvalue weighted by Crippen LogP contribution is 2.17. The van der Waals surface area contributed by atoms with E-state index >= 15 is 0 Å². The average Bonchev–Trinajstić information content (AvgIpc) is 2.72. The second-order valence-corrected chi connectivity index (χ2v) is 5.28. The summed E-state index contributed by atoms with van der Waals surface area (Å²) in [5.41, 5.74) is 4.05. The van der Waals surface area contributed by atoms with Gasteiger partial charge >= 0.3 is 0 Å². The summed E-state index contributed by atoms with van der Waals surface area (Å²) in [6.45, 7) is 6.58. The van der Waals surface area contributed by atoms with Gasteiger partial charge < -0.3 is 10.1 Å². The topological polar surface area (TPSA) is 56.1 Å². The van der Waals surface area contributed by atoms with E-state index in [9.17, 15) is 4.79 Å². The molecule has 1 amide bonds. The molecule has 0 radical (unpaired) electrons. The molecule has 5 heteroatoms. The number of carbonyl (C=O) groups is 1. The molecule has 118 valence electrons. The molecule has 0 aliphatic rings. The highest BCUT2D eigenvalue weighted by molar-refractivity contribution is 5.90. The van der Waals surface area contributed by atoms with E-state index in [4.69, 9.17) is 4.74 Å². The van der Waals surface area contributed by atoms with Gasteiger partial charge in [-0.15, -0.1) is 0 Å². The van der Waals surface area contributed by atoms with Gasteiger partial charge in [-0.1, -0.05) is 0 Å². The number of rotatable bonds is 6. The molecule has 0 saturated heterocycles. The van der Waals surface area contributed by atoms with E-state index in [2.05, 4.69) is 10.4 Å². The van der Waals surface area contributed by atoms with Gasteiger partial charge in [0.2, 0.25) is 5.91 Å². The van der Waals surface area contributed by atoms with Crippen molar-refractivity contribution in [2.75, 3.05) is 11.9 Å². The molecular formula is C17H23N3O2. The summed E-state index contributed by atoms with van der Waals surface area (Å²) in [4.78, 5) is 12.1. The van der Waals surface area contributed by atoms with E-state index in [-0.39, 0.29) is 5.91 Å². The van der Waals surface area contributed by atoms with Gasteiger partial charge in [0.25, 0.3) is 0 Å². The lowest BCUT2D eigenvalue weighted by molar-refractivity contribution is -0.116. The van der Waals surface area contributed by atoms with E-state index in [0.717, 1.165) is 28.4 Å². The number of aryl methyl sites for hydroxylation is 2. The lowest BCUT2D eigenvalue weighted by Crippen LogP contribution is -2.12. The molecule has 1 aromatic carbocycles. The van der Waals surface area contributed by atoms with Crippen LogP contribution in [0.3, 0.4) is 0 Å². The van der Waals surface area contributed by atoms with Crippen LogP contribution in [-0.2, 0) is 18.3 Å². The average molecular weight is 301 g/mol. The van der Waals surface area contributed by atoms with Crippen molar-refractivity contribution >= 4 is 11.6 Å². The van der Waals surface area contributed by atoms with Crippen molar-refractivity contribution in [2.24, 2.45) is 7.05 Å². The SMILES string of the molecule is CCOc1ccc(NC(=O)CCc2c(C)nn(C)c2C)cc1. The van der Waals surface area contributed by atoms with Crippen LogP contribution in [-0.4, -0.2) is 22.3 Å². The number of amides is 1. The Balaban J connectivity index is 1.90. The first-order valence-corrected chi connectivity index (χ1v) is 7.53. The number of benzene rings is 1. The Morgan fingerprint density at radius 3 is 2.50 bits per heavy atom. The van der Waals surface area contributed by atoms with Crippen molar-refractivity contribution < 1.29 is 9.53 Å². The van der Waals surface area contributed by atoms with Crippen LogP contribution in [0, 0.1) is 13.8 Å². The molecular weight excluding hydrogens is 278 g/mol. The van der Waals surface area contributed by atoms with Crippen LogP contribution in [0.25, 0.3) is 0 Å². The van der Waals surface area contributed by atoms with E-state index in [1.165, 1.54) is 0 Å². The smallest absolute Gasteiger partial charge is 0.224 e. The molecule has 0 spiro atoms. The Labute approximate surface area is 131 Å². The zero-order chi connectivity index (χ0) is 16.1. The normalized spacial score (nSPS) is 10.5. The lowest BCUT2D eigenvalue weighted by atomic mass is 10.1. The molecule has 0 atom stereocenters. The van der Waals surface area contributed by atoms with Crippen LogP contribution in [0.2, 0.25) is 0 Å². The maximum Gasteiger partial charge on any atom is 0.224 e. The van der Waals surface area contributed by atoms with Gasteiger partial charge in [-0.3, -0.25) is 9.48 Å². The third-order valence-corrected chi connectivity index (χ3v) is 3.71. The summed E-state index contributed by atoms with van der Waals surface area (Å²) in [6, 6.07) is 7.41. The lowest BCUT2D eigenvalue weighted by Gasteiger charge is -2.07. The van der Waals surface area contributed by atoms with Gasteiger partial charge in [0.15, 0.2) is 0 Å². The predicted molar refractivity (Wildman–Crippen MR) is 87.2 cm³/mol. The number of carbonyl (C=O) groups excluding carboxylic acids is 1. The first-order chi connectivity index (χ1) is 10.5. The number of nitrogens with one attached hydrogen (secondary N) is 1. The summed E-state index contributed by atoms with van der Waals surface area (Å²) in [5.74, 6) is 0.814. The Morgan fingerprint density at radius 2 is 1.95 bits per heavy atom. The Bertz CT molecular complexity index is 645. The number of hydrogen-bond acceptors (Lipinski definition) is 3. The van der Waals surface area contributed by atoms with Crippen molar-refractivity contribution in [1.29, 1.82) is 0 Å². The van der Waals surface area contributed by atoms with Crippen LogP contribution in [0.1, 0.15) is 30.3 Å². The van der Waals surface area contributed by atoms with Crippen LogP contribution < -0.4 is 10.1 Å². The number of nitrogens with zero attached hydrogens (tertiary/aromatic N) is 2. The molecule has 0 bridgehead atoms. The first kappa shape index (κ1) is 16.1. The van der Waals surface area contributed by atoms with E-state index in [0.29, 0.717) is 19.4 Å². The van der Waals surface area contributed by atoms with Crippen LogP contribution in [0.4, 0.5) is 5.69 Å². The van der Waals surface area contributed by atoms with Crippen LogP contribution >= 0.6 is 0 Å². The molecule has 0 aliphatic carbocycles. The number of aromatic nitrogens is 2. The van der Waals surface area contributed by atoms with Gasteiger partial charge in [0.05, 0.1) is 12.3 Å². The third kappa shape index (κ3) is 3.87. The van der Waals surface area contributed by atoms with Crippen LogP contribution in [0.5, 0.6) is 5.75 Å². The van der Waals surface area contributed by atoms with Gasteiger partial charge in [-0.2, -0.15) is 5.10 Å².